The van der Waals surface area contributed by atoms with Gasteiger partial charge in [0.15, 0.2) is 5.78 Å². The fourth-order valence-corrected chi connectivity index (χ4v) is 2.55. The maximum Gasteiger partial charge on any atom is 0.274 e. The number of carbonyl (C=O) groups excluding carboxylic acids is 2. The Morgan fingerprint density at radius 2 is 1.73 bits per heavy atom. The van der Waals surface area contributed by atoms with Crippen molar-refractivity contribution in [3.8, 4) is 0 Å². The van der Waals surface area contributed by atoms with Gasteiger partial charge in [0.2, 0.25) is 0 Å². The summed E-state index contributed by atoms with van der Waals surface area (Å²) in [6.45, 7) is 1.52. The molecular weight excluding hydrogens is 350 g/mol. The zero-order chi connectivity index (χ0) is 18.5. The number of halogens is 1. The van der Waals surface area contributed by atoms with Gasteiger partial charge in [-0.2, -0.15) is 0 Å². The first-order valence-electron chi connectivity index (χ1n) is 7.93. The Labute approximate surface area is 156 Å². The molecule has 1 heterocycles. The Morgan fingerprint density at radius 1 is 0.962 bits per heavy atom. The molecule has 0 saturated heterocycles. The molecule has 0 bridgehead atoms. The van der Waals surface area contributed by atoms with E-state index in [2.05, 4.69) is 15.6 Å². The number of aromatic nitrogens is 1. The molecule has 0 aliphatic rings. The van der Waals surface area contributed by atoms with E-state index in [1.165, 1.54) is 6.92 Å². The predicted octanol–water partition coefficient (Wildman–Crippen LogP) is 4.93. The number of pyridine rings is 1. The van der Waals surface area contributed by atoms with Crippen molar-refractivity contribution in [2.24, 2.45) is 0 Å². The smallest absolute Gasteiger partial charge is 0.274 e. The molecule has 1 amide bonds. The summed E-state index contributed by atoms with van der Waals surface area (Å²) in [6, 6.07) is 17.5. The zero-order valence-electron chi connectivity index (χ0n) is 14.0. The second kappa shape index (κ2) is 7.80. The van der Waals surface area contributed by atoms with Crippen molar-refractivity contribution in [1.29, 1.82) is 0 Å². The number of rotatable bonds is 5. The minimum absolute atomic E-state index is 0.0109. The molecule has 0 unspecified atom stereocenters. The Bertz CT molecular complexity index is 973. The van der Waals surface area contributed by atoms with Crippen molar-refractivity contribution in [2.75, 3.05) is 10.6 Å². The summed E-state index contributed by atoms with van der Waals surface area (Å²) in [5.74, 6) is -0.373. The fourth-order valence-electron chi connectivity index (χ4n) is 2.36. The van der Waals surface area contributed by atoms with Crippen LogP contribution < -0.4 is 10.6 Å². The topological polar surface area (TPSA) is 71.1 Å². The van der Waals surface area contributed by atoms with Crippen molar-refractivity contribution in [2.45, 2.75) is 6.92 Å². The van der Waals surface area contributed by atoms with Gasteiger partial charge in [0.1, 0.15) is 5.69 Å². The standard InChI is InChI=1S/C20H16ClN3O2/c1-13(25)14-5-4-6-15(11-14)23-16-9-10-22-19(12-16)20(26)24-18-8-3-2-7-17(18)21/h2-12H,1H3,(H,22,23)(H,24,26). The average Bonchev–Trinajstić information content (AvgIpc) is 2.64. The molecule has 3 rings (SSSR count). The van der Waals surface area contributed by atoms with Crippen molar-refractivity contribution >= 4 is 40.4 Å². The van der Waals surface area contributed by atoms with Crippen LogP contribution in [0, 0.1) is 0 Å². The van der Waals surface area contributed by atoms with Crippen LogP contribution in [0.15, 0.2) is 66.9 Å². The van der Waals surface area contributed by atoms with E-state index < -0.39 is 0 Å². The number of benzene rings is 2. The number of carbonyl (C=O) groups is 2. The van der Waals surface area contributed by atoms with Gasteiger partial charge in [-0.3, -0.25) is 14.6 Å². The first-order valence-corrected chi connectivity index (χ1v) is 8.31. The Hall–Kier alpha value is -3.18. The van der Waals surface area contributed by atoms with Gasteiger partial charge in [-0.05, 0) is 43.3 Å². The molecule has 2 N–H and O–H groups in total. The van der Waals surface area contributed by atoms with Crippen LogP contribution in [-0.4, -0.2) is 16.7 Å². The summed E-state index contributed by atoms with van der Waals surface area (Å²) in [5, 5.41) is 6.36. The molecule has 26 heavy (non-hydrogen) atoms. The number of amides is 1. The normalized spacial score (nSPS) is 10.2. The van der Waals surface area contributed by atoms with Crippen molar-refractivity contribution in [3.63, 3.8) is 0 Å². The van der Waals surface area contributed by atoms with E-state index in [1.54, 1.807) is 60.8 Å². The molecule has 6 heteroatoms. The number of ketones is 1. The van der Waals surface area contributed by atoms with Crippen molar-refractivity contribution in [3.05, 3.63) is 83.1 Å². The first-order chi connectivity index (χ1) is 12.5. The second-order valence-electron chi connectivity index (χ2n) is 5.63. The number of hydrogen-bond donors (Lipinski definition) is 2. The van der Waals surface area contributed by atoms with E-state index in [0.29, 0.717) is 22.0 Å². The predicted molar refractivity (Wildman–Crippen MR) is 103 cm³/mol. The zero-order valence-corrected chi connectivity index (χ0v) is 14.7. The molecule has 0 spiro atoms. The lowest BCUT2D eigenvalue weighted by Crippen LogP contribution is -2.14. The van der Waals surface area contributed by atoms with Crippen LogP contribution in [0.3, 0.4) is 0 Å². The lowest BCUT2D eigenvalue weighted by Gasteiger charge is -2.10. The molecule has 0 aliphatic carbocycles. The van der Waals surface area contributed by atoms with E-state index in [4.69, 9.17) is 11.6 Å². The van der Waals surface area contributed by atoms with Crippen LogP contribution in [0.5, 0.6) is 0 Å². The van der Waals surface area contributed by atoms with Crippen molar-refractivity contribution in [1.82, 2.24) is 4.98 Å². The Morgan fingerprint density at radius 3 is 2.50 bits per heavy atom. The monoisotopic (exact) mass is 365 g/mol. The number of hydrogen-bond acceptors (Lipinski definition) is 4. The van der Waals surface area contributed by atoms with E-state index >= 15 is 0 Å². The fraction of sp³-hybridized carbons (Fsp3) is 0.0500. The Kier molecular flexibility index (Phi) is 5.29. The summed E-state index contributed by atoms with van der Waals surface area (Å²) in [7, 11) is 0. The highest BCUT2D eigenvalue weighted by molar-refractivity contribution is 6.33. The molecule has 5 nitrogen and oxygen atoms in total. The minimum atomic E-state index is -0.362. The second-order valence-corrected chi connectivity index (χ2v) is 6.03. The number of Topliss-reactive ketones (excluding diaryl/α,β-unsaturated/α-hetero) is 1. The van der Waals surface area contributed by atoms with Gasteiger partial charge in [0, 0.05) is 23.1 Å². The molecule has 0 radical (unpaired) electrons. The number of para-hydroxylation sites is 1. The van der Waals surface area contributed by atoms with Crippen LogP contribution in [0.1, 0.15) is 27.8 Å². The van der Waals surface area contributed by atoms with Gasteiger partial charge in [-0.1, -0.05) is 35.9 Å². The Balaban J connectivity index is 1.78. The number of anilines is 3. The van der Waals surface area contributed by atoms with Gasteiger partial charge in [0.05, 0.1) is 10.7 Å². The summed E-state index contributed by atoms with van der Waals surface area (Å²) >= 11 is 6.06. The largest absolute Gasteiger partial charge is 0.355 e. The third kappa shape index (κ3) is 4.26. The van der Waals surface area contributed by atoms with Crippen molar-refractivity contribution < 1.29 is 9.59 Å². The summed E-state index contributed by atoms with van der Waals surface area (Å²) < 4.78 is 0. The molecular formula is C20H16ClN3O2. The molecule has 2 aromatic carbocycles. The molecule has 3 aromatic rings. The molecule has 0 saturated carbocycles. The van der Waals surface area contributed by atoms with E-state index in [0.717, 1.165) is 5.69 Å². The highest BCUT2D eigenvalue weighted by atomic mass is 35.5. The number of nitrogens with one attached hydrogen (secondary N) is 2. The number of nitrogens with zero attached hydrogens (tertiary/aromatic N) is 1. The summed E-state index contributed by atoms with van der Waals surface area (Å²) in [5.41, 5.74) is 2.82. The van der Waals surface area contributed by atoms with Gasteiger partial charge in [0.25, 0.3) is 5.91 Å². The van der Waals surface area contributed by atoms with Gasteiger partial charge in [-0.25, -0.2) is 0 Å². The highest BCUT2D eigenvalue weighted by Gasteiger charge is 2.10. The van der Waals surface area contributed by atoms with Crippen LogP contribution in [0.25, 0.3) is 0 Å². The van der Waals surface area contributed by atoms with E-state index in [1.807, 2.05) is 6.07 Å². The van der Waals surface area contributed by atoms with Gasteiger partial charge >= 0.3 is 0 Å². The van der Waals surface area contributed by atoms with Gasteiger partial charge in [-0.15, -0.1) is 0 Å². The summed E-state index contributed by atoms with van der Waals surface area (Å²) in [4.78, 5) is 28.0. The summed E-state index contributed by atoms with van der Waals surface area (Å²) in [6.07, 6.45) is 1.54. The van der Waals surface area contributed by atoms with Crippen LogP contribution in [-0.2, 0) is 0 Å². The molecule has 0 aliphatic heterocycles. The molecule has 0 fully saturated rings. The van der Waals surface area contributed by atoms with Gasteiger partial charge < -0.3 is 10.6 Å². The van der Waals surface area contributed by atoms with Crippen LogP contribution in [0.4, 0.5) is 17.1 Å². The minimum Gasteiger partial charge on any atom is -0.355 e. The SMILES string of the molecule is CC(=O)c1cccc(Nc2ccnc(C(=O)Nc3ccccc3Cl)c2)c1. The molecule has 1 aromatic heterocycles. The maximum atomic E-state index is 12.4. The molecule has 0 atom stereocenters. The van der Waals surface area contributed by atoms with Crippen LogP contribution in [0.2, 0.25) is 5.02 Å². The van der Waals surface area contributed by atoms with Crippen LogP contribution >= 0.6 is 11.6 Å². The third-order valence-electron chi connectivity index (χ3n) is 3.67. The third-order valence-corrected chi connectivity index (χ3v) is 4.00. The maximum absolute atomic E-state index is 12.4. The van der Waals surface area contributed by atoms with E-state index in [9.17, 15) is 9.59 Å². The average molecular weight is 366 g/mol. The first kappa shape index (κ1) is 17.6. The lowest BCUT2D eigenvalue weighted by atomic mass is 10.1. The quantitative estimate of drug-likeness (QED) is 0.628. The molecule has 130 valence electrons. The van der Waals surface area contributed by atoms with E-state index in [-0.39, 0.29) is 17.4 Å². The lowest BCUT2D eigenvalue weighted by molar-refractivity contribution is 0.101. The highest BCUT2D eigenvalue weighted by Crippen LogP contribution is 2.22.